The van der Waals surface area contributed by atoms with Gasteiger partial charge in [0.05, 0.1) is 11.1 Å². The van der Waals surface area contributed by atoms with E-state index in [1.807, 2.05) is 13.0 Å². The van der Waals surface area contributed by atoms with Gasteiger partial charge in [-0.05, 0) is 30.2 Å². The number of hydrogen-bond acceptors (Lipinski definition) is 1. The summed E-state index contributed by atoms with van der Waals surface area (Å²) in [6.07, 6.45) is -4.56. The molecule has 0 fully saturated rings. The van der Waals surface area contributed by atoms with Crippen molar-refractivity contribution in [2.24, 2.45) is 0 Å². The third-order valence-corrected chi connectivity index (χ3v) is 2.91. The SMILES string of the molecule is Cc1cccc(-c2ccc(C(F)(F)F)cc2C(=O)O)c1. The summed E-state index contributed by atoms with van der Waals surface area (Å²) in [6, 6.07) is 9.71. The zero-order chi connectivity index (χ0) is 14.9. The maximum Gasteiger partial charge on any atom is 0.416 e. The van der Waals surface area contributed by atoms with E-state index in [0.717, 1.165) is 11.6 Å². The van der Waals surface area contributed by atoms with E-state index in [1.54, 1.807) is 18.2 Å². The number of alkyl halides is 3. The Kier molecular flexibility index (Phi) is 3.53. The highest BCUT2D eigenvalue weighted by molar-refractivity contribution is 5.96. The summed E-state index contributed by atoms with van der Waals surface area (Å²) in [5.41, 5.74) is 0.431. The van der Waals surface area contributed by atoms with Crippen molar-refractivity contribution >= 4 is 5.97 Å². The zero-order valence-corrected chi connectivity index (χ0v) is 10.5. The molecule has 0 aliphatic heterocycles. The Balaban J connectivity index is 2.62. The van der Waals surface area contributed by atoms with Crippen molar-refractivity contribution in [3.05, 3.63) is 59.2 Å². The molecule has 1 N–H and O–H groups in total. The summed E-state index contributed by atoms with van der Waals surface area (Å²) in [7, 11) is 0. The van der Waals surface area contributed by atoms with Crippen molar-refractivity contribution in [1.82, 2.24) is 0 Å². The van der Waals surface area contributed by atoms with E-state index in [4.69, 9.17) is 5.11 Å². The second kappa shape index (κ2) is 5.00. The van der Waals surface area contributed by atoms with Gasteiger partial charge < -0.3 is 5.11 Å². The van der Waals surface area contributed by atoms with Gasteiger partial charge in [-0.1, -0.05) is 35.9 Å². The van der Waals surface area contributed by atoms with Crippen LogP contribution in [0.4, 0.5) is 13.2 Å². The van der Waals surface area contributed by atoms with Crippen molar-refractivity contribution in [3.63, 3.8) is 0 Å². The fraction of sp³-hybridized carbons (Fsp3) is 0.133. The molecule has 0 radical (unpaired) electrons. The first-order chi connectivity index (χ1) is 9.29. The molecule has 0 aromatic heterocycles. The number of carboxylic acids is 1. The van der Waals surface area contributed by atoms with Crippen molar-refractivity contribution in [1.29, 1.82) is 0 Å². The van der Waals surface area contributed by atoms with Gasteiger partial charge in [0.1, 0.15) is 0 Å². The van der Waals surface area contributed by atoms with Gasteiger partial charge in [-0.25, -0.2) is 4.79 Å². The minimum atomic E-state index is -4.56. The third kappa shape index (κ3) is 2.82. The first kappa shape index (κ1) is 14.1. The van der Waals surface area contributed by atoms with Crippen molar-refractivity contribution in [2.45, 2.75) is 13.1 Å². The van der Waals surface area contributed by atoms with Crippen LogP contribution in [0.5, 0.6) is 0 Å². The maximum atomic E-state index is 12.6. The van der Waals surface area contributed by atoms with Gasteiger partial charge in [0.2, 0.25) is 0 Å². The number of hydrogen-bond donors (Lipinski definition) is 1. The minimum Gasteiger partial charge on any atom is -0.478 e. The fourth-order valence-corrected chi connectivity index (χ4v) is 1.96. The molecule has 2 aromatic carbocycles. The molecular weight excluding hydrogens is 269 g/mol. The van der Waals surface area contributed by atoms with E-state index in [9.17, 15) is 18.0 Å². The normalized spacial score (nSPS) is 11.4. The summed E-state index contributed by atoms with van der Waals surface area (Å²) in [5, 5.41) is 9.12. The maximum absolute atomic E-state index is 12.6. The summed E-state index contributed by atoms with van der Waals surface area (Å²) >= 11 is 0. The van der Waals surface area contributed by atoms with Gasteiger partial charge in [-0.15, -0.1) is 0 Å². The lowest BCUT2D eigenvalue weighted by Gasteiger charge is -2.11. The van der Waals surface area contributed by atoms with Crippen LogP contribution in [0.25, 0.3) is 11.1 Å². The number of aryl methyl sites for hydroxylation is 1. The molecule has 2 rings (SSSR count). The standard InChI is InChI=1S/C15H11F3O2/c1-9-3-2-4-10(7-9)12-6-5-11(15(16,17)18)8-13(12)14(19)20/h2-8H,1H3,(H,19,20). The van der Waals surface area contributed by atoms with Crippen LogP contribution in [0, 0.1) is 6.92 Å². The monoisotopic (exact) mass is 280 g/mol. The van der Waals surface area contributed by atoms with E-state index in [2.05, 4.69) is 0 Å². The van der Waals surface area contributed by atoms with E-state index >= 15 is 0 Å². The Morgan fingerprint density at radius 3 is 2.35 bits per heavy atom. The second-order valence-electron chi connectivity index (χ2n) is 4.43. The zero-order valence-electron chi connectivity index (χ0n) is 10.5. The van der Waals surface area contributed by atoms with Crippen LogP contribution in [-0.2, 0) is 6.18 Å². The topological polar surface area (TPSA) is 37.3 Å². The van der Waals surface area contributed by atoms with Gasteiger partial charge in [0, 0.05) is 0 Å². The van der Waals surface area contributed by atoms with Crippen molar-refractivity contribution in [3.8, 4) is 11.1 Å². The van der Waals surface area contributed by atoms with Crippen LogP contribution >= 0.6 is 0 Å². The molecule has 2 aromatic rings. The molecule has 0 saturated carbocycles. The molecule has 2 nitrogen and oxygen atoms in total. The Bertz CT molecular complexity index is 660. The molecule has 0 atom stereocenters. The predicted molar refractivity (Wildman–Crippen MR) is 68.6 cm³/mol. The minimum absolute atomic E-state index is 0.272. The van der Waals surface area contributed by atoms with Crippen LogP contribution < -0.4 is 0 Å². The Hall–Kier alpha value is -2.30. The lowest BCUT2D eigenvalue weighted by Crippen LogP contribution is -2.08. The van der Waals surface area contributed by atoms with Gasteiger partial charge >= 0.3 is 12.1 Å². The van der Waals surface area contributed by atoms with Gasteiger partial charge in [-0.2, -0.15) is 13.2 Å². The molecule has 0 saturated heterocycles. The van der Waals surface area contributed by atoms with E-state index in [0.29, 0.717) is 11.6 Å². The quantitative estimate of drug-likeness (QED) is 0.886. The second-order valence-corrected chi connectivity index (χ2v) is 4.43. The number of carboxylic acid groups (broad SMARTS) is 1. The predicted octanol–water partition coefficient (Wildman–Crippen LogP) is 4.38. The van der Waals surface area contributed by atoms with E-state index in [-0.39, 0.29) is 11.1 Å². The lowest BCUT2D eigenvalue weighted by molar-refractivity contribution is -0.137. The molecule has 0 spiro atoms. The average Bonchev–Trinajstić information content (AvgIpc) is 2.37. The van der Waals surface area contributed by atoms with Crippen LogP contribution in [0.15, 0.2) is 42.5 Å². The molecule has 0 heterocycles. The van der Waals surface area contributed by atoms with Crippen molar-refractivity contribution in [2.75, 3.05) is 0 Å². The van der Waals surface area contributed by atoms with Crippen LogP contribution in [0.3, 0.4) is 0 Å². The average molecular weight is 280 g/mol. The highest BCUT2D eigenvalue weighted by Gasteiger charge is 2.31. The first-order valence-electron chi connectivity index (χ1n) is 5.80. The highest BCUT2D eigenvalue weighted by atomic mass is 19.4. The Morgan fingerprint density at radius 1 is 1.10 bits per heavy atom. The molecule has 5 heteroatoms. The number of carbonyl (C=O) groups is 1. The molecule has 0 bridgehead atoms. The molecule has 20 heavy (non-hydrogen) atoms. The molecular formula is C15H11F3O2. The Morgan fingerprint density at radius 2 is 1.80 bits per heavy atom. The largest absolute Gasteiger partial charge is 0.478 e. The fourth-order valence-electron chi connectivity index (χ4n) is 1.96. The molecule has 0 amide bonds. The number of rotatable bonds is 2. The summed E-state index contributed by atoms with van der Waals surface area (Å²) in [4.78, 5) is 11.2. The number of halogens is 3. The summed E-state index contributed by atoms with van der Waals surface area (Å²) < 4.78 is 37.9. The highest BCUT2D eigenvalue weighted by Crippen LogP contribution is 2.33. The van der Waals surface area contributed by atoms with E-state index in [1.165, 1.54) is 6.07 Å². The lowest BCUT2D eigenvalue weighted by atomic mass is 9.96. The molecule has 104 valence electrons. The van der Waals surface area contributed by atoms with Crippen LogP contribution in [-0.4, -0.2) is 11.1 Å². The van der Waals surface area contributed by atoms with Crippen LogP contribution in [0.1, 0.15) is 21.5 Å². The Labute approximate surface area is 113 Å². The third-order valence-electron chi connectivity index (χ3n) is 2.91. The van der Waals surface area contributed by atoms with Crippen LogP contribution in [0.2, 0.25) is 0 Å². The van der Waals surface area contributed by atoms with Gasteiger partial charge in [-0.3, -0.25) is 0 Å². The molecule has 0 aliphatic rings. The summed E-state index contributed by atoms with van der Waals surface area (Å²) in [6.45, 7) is 1.83. The summed E-state index contributed by atoms with van der Waals surface area (Å²) in [5.74, 6) is -1.38. The molecule has 0 unspecified atom stereocenters. The van der Waals surface area contributed by atoms with Gasteiger partial charge in [0.15, 0.2) is 0 Å². The smallest absolute Gasteiger partial charge is 0.416 e. The number of aromatic carboxylic acids is 1. The first-order valence-corrected chi connectivity index (χ1v) is 5.80. The number of benzene rings is 2. The molecule has 0 aliphatic carbocycles. The van der Waals surface area contributed by atoms with Gasteiger partial charge in [0.25, 0.3) is 0 Å². The van der Waals surface area contributed by atoms with E-state index < -0.39 is 17.7 Å². The van der Waals surface area contributed by atoms with Crippen molar-refractivity contribution < 1.29 is 23.1 Å².